The SMILES string of the molecule is CNC(Cc1ccc(C)c(C)c1)C(OC)C1CCCCC1. The molecule has 0 amide bonds. The van der Waals surface area contributed by atoms with Gasteiger partial charge in [-0.2, -0.15) is 0 Å². The highest BCUT2D eigenvalue weighted by atomic mass is 16.5. The van der Waals surface area contributed by atoms with Crippen LogP contribution in [0.15, 0.2) is 18.2 Å². The summed E-state index contributed by atoms with van der Waals surface area (Å²) in [5, 5.41) is 3.51. The second-order valence-electron chi connectivity index (χ2n) is 6.62. The molecule has 1 aromatic rings. The lowest BCUT2D eigenvalue weighted by Crippen LogP contribution is -2.45. The van der Waals surface area contributed by atoms with Crippen molar-refractivity contribution >= 4 is 0 Å². The van der Waals surface area contributed by atoms with Gasteiger partial charge in [0.15, 0.2) is 0 Å². The number of rotatable bonds is 6. The lowest BCUT2D eigenvalue weighted by Gasteiger charge is -2.35. The normalized spacial score (nSPS) is 19.4. The largest absolute Gasteiger partial charge is 0.380 e. The van der Waals surface area contributed by atoms with Gasteiger partial charge in [0.25, 0.3) is 0 Å². The van der Waals surface area contributed by atoms with Crippen molar-refractivity contribution in [2.24, 2.45) is 5.92 Å². The number of benzene rings is 1. The van der Waals surface area contributed by atoms with Gasteiger partial charge >= 0.3 is 0 Å². The predicted octanol–water partition coefficient (Wildman–Crippen LogP) is 4.03. The second kappa shape index (κ2) is 7.95. The minimum absolute atomic E-state index is 0.330. The first-order valence-electron chi connectivity index (χ1n) is 8.42. The standard InChI is InChI=1S/C19H31NO/c1-14-10-11-16(12-15(14)2)13-18(20-3)19(21-4)17-8-6-5-7-9-17/h10-12,17-20H,5-9,13H2,1-4H3. The summed E-state index contributed by atoms with van der Waals surface area (Å²) in [4.78, 5) is 0. The van der Waals surface area contributed by atoms with Crippen molar-refractivity contribution in [2.75, 3.05) is 14.2 Å². The van der Waals surface area contributed by atoms with Gasteiger partial charge in [-0.1, -0.05) is 37.5 Å². The van der Waals surface area contributed by atoms with E-state index in [1.165, 1.54) is 48.8 Å². The van der Waals surface area contributed by atoms with Gasteiger partial charge in [-0.3, -0.25) is 0 Å². The van der Waals surface area contributed by atoms with Crippen molar-refractivity contribution in [1.82, 2.24) is 5.32 Å². The Bertz CT molecular complexity index is 437. The van der Waals surface area contributed by atoms with Gasteiger partial charge in [0.1, 0.15) is 0 Å². The van der Waals surface area contributed by atoms with Gasteiger partial charge in [0.05, 0.1) is 6.10 Å². The average Bonchev–Trinajstić information content (AvgIpc) is 2.51. The summed E-state index contributed by atoms with van der Waals surface area (Å²) in [6.45, 7) is 4.37. The highest BCUT2D eigenvalue weighted by Gasteiger charge is 2.29. The maximum Gasteiger partial charge on any atom is 0.0755 e. The predicted molar refractivity (Wildman–Crippen MR) is 89.8 cm³/mol. The molecule has 2 atom stereocenters. The number of likely N-dealkylation sites (N-methyl/N-ethyl adjacent to an activating group) is 1. The Morgan fingerprint density at radius 2 is 1.86 bits per heavy atom. The Kier molecular flexibility index (Phi) is 6.25. The molecule has 2 heteroatoms. The monoisotopic (exact) mass is 289 g/mol. The van der Waals surface area contributed by atoms with Crippen LogP contribution in [0.2, 0.25) is 0 Å². The molecule has 0 aromatic heterocycles. The number of aryl methyl sites for hydroxylation is 2. The zero-order valence-corrected chi connectivity index (χ0v) is 14.1. The lowest BCUT2D eigenvalue weighted by atomic mass is 9.81. The Balaban J connectivity index is 2.07. The van der Waals surface area contributed by atoms with E-state index < -0.39 is 0 Å². The van der Waals surface area contributed by atoms with Crippen molar-refractivity contribution in [3.8, 4) is 0 Å². The molecule has 1 aliphatic carbocycles. The Labute approximate surface area is 130 Å². The summed E-state index contributed by atoms with van der Waals surface area (Å²) in [6.07, 6.45) is 8.15. The first-order valence-corrected chi connectivity index (χ1v) is 8.42. The van der Waals surface area contributed by atoms with Gasteiger partial charge in [0.2, 0.25) is 0 Å². The van der Waals surface area contributed by atoms with Gasteiger partial charge in [0, 0.05) is 13.2 Å². The van der Waals surface area contributed by atoms with E-state index in [0.29, 0.717) is 18.1 Å². The third-order valence-electron chi connectivity index (χ3n) is 5.18. The summed E-state index contributed by atoms with van der Waals surface area (Å²) in [6, 6.07) is 7.23. The fourth-order valence-corrected chi connectivity index (χ4v) is 3.71. The Hall–Kier alpha value is -0.860. The first-order chi connectivity index (χ1) is 10.2. The molecule has 2 nitrogen and oxygen atoms in total. The van der Waals surface area contributed by atoms with E-state index in [9.17, 15) is 0 Å². The molecule has 21 heavy (non-hydrogen) atoms. The molecular formula is C19H31NO. The van der Waals surface area contributed by atoms with Gasteiger partial charge < -0.3 is 10.1 Å². The zero-order valence-electron chi connectivity index (χ0n) is 14.1. The second-order valence-corrected chi connectivity index (χ2v) is 6.62. The summed E-state index contributed by atoms with van der Waals surface area (Å²) in [5.41, 5.74) is 4.17. The van der Waals surface area contributed by atoms with Crippen LogP contribution in [0.3, 0.4) is 0 Å². The van der Waals surface area contributed by atoms with E-state index in [2.05, 4.69) is 44.4 Å². The summed E-state index contributed by atoms with van der Waals surface area (Å²) < 4.78 is 5.91. The molecule has 0 bridgehead atoms. The van der Waals surface area contributed by atoms with Crippen molar-refractivity contribution in [2.45, 2.75) is 64.5 Å². The van der Waals surface area contributed by atoms with E-state index in [1.807, 2.05) is 7.11 Å². The molecule has 1 aromatic carbocycles. The van der Waals surface area contributed by atoms with Crippen LogP contribution in [0.4, 0.5) is 0 Å². The van der Waals surface area contributed by atoms with Gasteiger partial charge in [-0.25, -0.2) is 0 Å². The molecule has 0 aliphatic heterocycles. The highest BCUT2D eigenvalue weighted by molar-refractivity contribution is 5.30. The van der Waals surface area contributed by atoms with Gasteiger partial charge in [-0.05, 0) is 62.8 Å². The van der Waals surface area contributed by atoms with E-state index in [4.69, 9.17) is 4.74 Å². The molecule has 2 unspecified atom stereocenters. The van der Waals surface area contributed by atoms with E-state index in [-0.39, 0.29) is 0 Å². The van der Waals surface area contributed by atoms with Crippen molar-refractivity contribution in [1.29, 1.82) is 0 Å². The lowest BCUT2D eigenvalue weighted by molar-refractivity contribution is 0.0101. The highest BCUT2D eigenvalue weighted by Crippen LogP contribution is 2.30. The number of methoxy groups -OCH3 is 1. The average molecular weight is 289 g/mol. The molecule has 2 rings (SSSR count). The van der Waals surface area contributed by atoms with Crippen molar-refractivity contribution in [3.63, 3.8) is 0 Å². The van der Waals surface area contributed by atoms with Crippen LogP contribution in [-0.4, -0.2) is 26.3 Å². The number of hydrogen-bond donors (Lipinski definition) is 1. The fourth-order valence-electron chi connectivity index (χ4n) is 3.71. The number of nitrogens with one attached hydrogen (secondary N) is 1. The molecular weight excluding hydrogens is 258 g/mol. The number of hydrogen-bond acceptors (Lipinski definition) is 2. The molecule has 1 N–H and O–H groups in total. The van der Waals surface area contributed by atoms with Crippen LogP contribution < -0.4 is 5.32 Å². The molecule has 0 heterocycles. The Morgan fingerprint density at radius 1 is 1.14 bits per heavy atom. The summed E-state index contributed by atoms with van der Waals surface area (Å²) in [5.74, 6) is 0.716. The first kappa shape index (κ1) is 16.5. The smallest absolute Gasteiger partial charge is 0.0755 e. The van der Waals surface area contributed by atoms with E-state index in [1.54, 1.807) is 0 Å². The van der Waals surface area contributed by atoms with Crippen LogP contribution in [0.5, 0.6) is 0 Å². The minimum Gasteiger partial charge on any atom is -0.380 e. The minimum atomic E-state index is 0.330. The Morgan fingerprint density at radius 3 is 2.43 bits per heavy atom. The topological polar surface area (TPSA) is 21.3 Å². The maximum absolute atomic E-state index is 5.91. The molecule has 1 aliphatic rings. The summed E-state index contributed by atoms with van der Waals surface area (Å²) in [7, 11) is 3.95. The molecule has 118 valence electrons. The summed E-state index contributed by atoms with van der Waals surface area (Å²) >= 11 is 0. The third-order valence-corrected chi connectivity index (χ3v) is 5.18. The molecule has 0 saturated heterocycles. The van der Waals surface area contributed by atoms with Crippen LogP contribution >= 0.6 is 0 Å². The van der Waals surface area contributed by atoms with Crippen molar-refractivity contribution < 1.29 is 4.74 Å². The van der Waals surface area contributed by atoms with Crippen LogP contribution in [-0.2, 0) is 11.2 Å². The van der Waals surface area contributed by atoms with Crippen LogP contribution in [0, 0.1) is 19.8 Å². The van der Waals surface area contributed by atoms with Gasteiger partial charge in [-0.15, -0.1) is 0 Å². The molecule has 1 saturated carbocycles. The third kappa shape index (κ3) is 4.31. The van der Waals surface area contributed by atoms with E-state index in [0.717, 1.165) is 6.42 Å². The van der Waals surface area contributed by atoms with Crippen molar-refractivity contribution in [3.05, 3.63) is 34.9 Å². The fraction of sp³-hybridized carbons (Fsp3) is 0.684. The number of ether oxygens (including phenoxy) is 1. The molecule has 1 fully saturated rings. The quantitative estimate of drug-likeness (QED) is 0.853. The zero-order chi connectivity index (χ0) is 15.2. The van der Waals surface area contributed by atoms with Crippen LogP contribution in [0.1, 0.15) is 48.8 Å². The van der Waals surface area contributed by atoms with Crippen LogP contribution in [0.25, 0.3) is 0 Å². The maximum atomic E-state index is 5.91. The van der Waals surface area contributed by atoms with E-state index >= 15 is 0 Å². The molecule has 0 spiro atoms. The molecule has 0 radical (unpaired) electrons.